The van der Waals surface area contributed by atoms with Crippen LogP contribution in [0.2, 0.25) is 0 Å². The molecule has 206 valence electrons. The first kappa shape index (κ1) is 26.9. The van der Waals surface area contributed by atoms with Gasteiger partial charge in [-0.25, -0.2) is 9.18 Å². The van der Waals surface area contributed by atoms with Gasteiger partial charge in [0.15, 0.2) is 0 Å². The SMILES string of the molecule is CNCC1CN(c2c(F)cc3c(=O)c(C(=O)OB(OC(C)=O)OC(C)=O)c4scc5n4c3c2N(C)C5)CCO1. The minimum atomic E-state index is -1.98. The second-order valence-corrected chi connectivity index (χ2v) is 10.1. The molecule has 0 bridgehead atoms. The summed E-state index contributed by atoms with van der Waals surface area (Å²) < 4.78 is 38.1. The number of aromatic nitrogens is 1. The molecule has 1 aromatic carbocycles. The number of rotatable bonds is 7. The van der Waals surface area contributed by atoms with Gasteiger partial charge in [-0.2, -0.15) is 0 Å². The van der Waals surface area contributed by atoms with Crippen LogP contribution in [0.4, 0.5) is 15.8 Å². The van der Waals surface area contributed by atoms with Crippen LogP contribution in [-0.2, 0) is 34.8 Å². The summed E-state index contributed by atoms with van der Waals surface area (Å²) in [5.74, 6) is -3.53. The van der Waals surface area contributed by atoms with Crippen molar-refractivity contribution in [3.8, 4) is 0 Å². The van der Waals surface area contributed by atoms with Gasteiger partial charge in [0.1, 0.15) is 16.2 Å². The van der Waals surface area contributed by atoms with Crippen molar-refractivity contribution >= 4 is 63.7 Å². The normalized spacial score (nSPS) is 16.6. The molecule has 0 radical (unpaired) electrons. The highest BCUT2D eigenvalue weighted by Crippen LogP contribution is 2.43. The highest BCUT2D eigenvalue weighted by Gasteiger charge is 2.38. The molecule has 3 aromatic rings. The molecule has 2 aromatic heterocycles. The Hall–Kier alpha value is -3.69. The number of thiazole rings is 1. The van der Waals surface area contributed by atoms with Gasteiger partial charge in [0.2, 0.25) is 5.43 Å². The molecule has 39 heavy (non-hydrogen) atoms. The predicted octanol–water partition coefficient (Wildman–Crippen LogP) is 1.30. The molecule has 1 unspecified atom stereocenters. The number of halogens is 1. The number of benzene rings is 1. The van der Waals surface area contributed by atoms with Gasteiger partial charge < -0.3 is 33.8 Å². The fourth-order valence-corrected chi connectivity index (χ4v) is 6.09. The Kier molecular flexibility index (Phi) is 7.22. The van der Waals surface area contributed by atoms with E-state index in [9.17, 15) is 19.2 Å². The first-order chi connectivity index (χ1) is 18.6. The van der Waals surface area contributed by atoms with Gasteiger partial charge in [0.25, 0.3) is 11.9 Å². The number of ether oxygens (including phenoxy) is 1. The number of hydrogen-bond donors (Lipinski definition) is 1. The van der Waals surface area contributed by atoms with Crippen LogP contribution in [-0.4, -0.2) is 76.1 Å². The van der Waals surface area contributed by atoms with Gasteiger partial charge in [0, 0.05) is 45.9 Å². The predicted molar refractivity (Wildman–Crippen MR) is 142 cm³/mol. The van der Waals surface area contributed by atoms with Gasteiger partial charge in [-0.3, -0.25) is 18.8 Å². The molecule has 2 aliphatic heterocycles. The average Bonchev–Trinajstić information content (AvgIpc) is 3.26. The molecule has 15 heteroatoms. The van der Waals surface area contributed by atoms with E-state index < -0.39 is 36.5 Å². The smallest absolute Gasteiger partial charge is 0.462 e. The Morgan fingerprint density at radius 1 is 1.21 bits per heavy atom. The van der Waals surface area contributed by atoms with E-state index in [1.165, 1.54) is 0 Å². The number of pyridine rings is 1. The average molecular weight is 560 g/mol. The summed E-state index contributed by atoms with van der Waals surface area (Å²) in [4.78, 5) is 53.9. The van der Waals surface area contributed by atoms with Gasteiger partial charge in [-0.15, -0.1) is 11.3 Å². The number of likely N-dealkylation sites (N-methyl/N-ethyl adjacent to an activating group) is 1. The van der Waals surface area contributed by atoms with Crippen LogP contribution in [0.5, 0.6) is 0 Å². The molecular formula is C24H26BFN4O8S. The number of nitrogens with zero attached hydrogens (tertiary/aromatic N) is 3. The van der Waals surface area contributed by atoms with Crippen LogP contribution in [0.15, 0.2) is 16.2 Å². The molecule has 5 rings (SSSR count). The lowest BCUT2D eigenvalue weighted by atomic mass is 10.0. The molecular weight excluding hydrogens is 534 g/mol. The van der Waals surface area contributed by atoms with Crippen LogP contribution in [0, 0.1) is 5.82 Å². The Morgan fingerprint density at radius 2 is 1.92 bits per heavy atom. The molecule has 0 spiro atoms. The second-order valence-electron chi connectivity index (χ2n) is 9.29. The Bertz CT molecular complexity index is 1540. The number of carbonyl (C=O) groups excluding carboxylic acids is 3. The van der Waals surface area contributed by atoms with Gasteiger partial charge in [0.05, 0.1) is 47.2 Å². The standard InChI is InChI=1S/C24H26BFN4O8S/c1-12(31)36-25(37-13(2)32)38-24(34)18-22(33)16-7-17(26)20(29-5-6-35-15(10-29)8-27-3)21-19(16)30-14(9-28(21)4)11-39-23(18)30/h7,11,15,27H,5-6,8-10H2,1-4H3. The number of anilines is 2. The van der Waals surface area contributed by atoms with E-state index in [4.69, 9.17) is 18.7 Å². The third kappa shape index (κ3) is 4.81. The topological polar surface area (TPSA) is 128 Å². The van der Waals surface area contributed by atoms with Crippen LogP contribution in [0.25, 0.3) is 15.7 Å². The molecule has 0 aliphatic carbocycles. The number of nitrogens with one attached hydrogen (secondary N) is 1. The maximum absolute atomic E-state index is 15.9. The summed E-state index contributed by atoms with van der Waals surface area (Å²) in [5.41, 5.74) is 1.01. The van der Waals surface area contributed by atoms with Gasteiger partial charge in [-0.1, -0.05) is 0 Å². The van der Waals surface area contributed by atoms with Crippen molar-refractivity contribution in [1.82, 2.24) is 9.72 Å². The maximum atomic E-state index is 15.9. The largest absolute Gasteiger partial charge is 0.870 e. The third-order valence-corrected chi connectivity index (χ3v) is 7.51. The van der Waals surface area contributed by atoms with Crippen molar-refractivity contribution in [2.75, 3.05) is 50.1 Å². The summed E-state index contributed by atoms with van der Waals surface area (Å²) in [6.45, 7) is 4.42. The summed E-state index contributed by atoms with van der Waals surface area (Å²) in [6, 6.07) is 1.14. The Labute approximate surface area is 226 Å². The van der Waals surface area contributed by atoms with E-state index in [1.807, 2.05) is 23.9 Å². The van der Waals surface area contributed by atoms with E-state index >= 15 is 4.39 Å². The summed E-state index contributed by atoms with van der Waals surface area (Å²) in [6.07, 6.45) is -0.140. The van der Waals surface area contributed by atoms with Crippen LogP contribution < -0.4 is 20.5 Å². The lowest BCUT2D eigenvalue weighted by Gasteiger charge is -2.38. The van der Waals surface area contributed by atoms with Crippen molar-refractivity contribution in [1.29, 1.82) is 0 Å². The summed E-state index contributed by atoms with van der Waals surface area (Å²) in [7, 11) is 1.66. The zero-order valence-electron chi connectivity index (χ0n) is 21.7. The molecule has 12 nitrogen and oxygen atoms in total. The van der Waals surface area contributed by atoms with E-state index in [0.29, 0.717) is 49.7 Å². The summed E-state index contributed by atoms with van der Waals surface area (Å²) >= 11 is 1.15. The number of carbonyl (C=O) groups is 3. The van der Waals surface area contributed by atoms with Crippen LogP contribution in [0.3, 0.4) is 0 Å². The fourth-order valence-electron chi connectivity index (χ4n) is 5.06. The molecule has 0 amide bonds. The van der Waals surface area contributed by atoms with E-state index in [0.717, 1.165) is 36.9 Å². The Morgan fingerprint density at radius 3 is 2.59 bits per heavy atom. The summed E-state index contributed by atoms with van der Waals surface area (Å²) in [5, 5.41) is 4.87. The molecule has 1 fully saturated rings. The first-order valence-corrected chi connectivity index (χ1v) is 13.1. The van der Waals surface area contributed by atoms with Crippen molar-refractivity contribution < 1.29 is 37.5 Å². The first-order valence-electron chi connectivity index (χ1n) is 12.2. The van der Waals surface area contributed by atoms with E-state index in [2.05, 4.69) is 5.32 Å². The van der Waals surface area contributed by atoms with E-state index in [1.54, 1.807) is 9.78 Å². The monoisotopic (exact) mass is 560 g/mol. The van der Waals surface area contributed by atoms with Gasteiger partial charge in [-0.05, 0) is 13.1 Å². The van der Waals surface area contributed by atoms with Crippen molar-refractivity contribution in [2.45, 2.75) is 26.5 Å². The lowest BCUT2D eigenvalue weighted by molar-refractivity contribution is -0.139. The molecule has 4 heterocycles. The molecule has 2 aliphatic rings. The van der Waals surface area contributed by atoms with Crippen molar-refractivity contribution in [3.05, 3.63) is 38.7 Å². The quantitative estimate of drug-likeness (QED) is 0.420. The van der Waals surface area contributed by atoms with Crippen LogP contribution in [0.1, 0.15) is 29.9 Å². The zero-order chi connectivity index (χ0) is 28.0. The fraction of sp³-hybridized carbons (Fsp3) is 0.417. The zero-order valence-corrected chi connectivity index (χ0v) is 22.6. The highest BCUT2D eigenvalue weighted by atomic mass is 32.1. The highest BCUT2D eigenvalue weighted by molar-refractivity contribution is 7.16. The maximum Gasteiger partial charge on any atom is 0.870 e. The van der Waals surface area contributed by atoms with Crippen molar-refractivity contribution in [3.63, 3.8) is 0 Å². The lowest BCUT2D eigenvalue weighted by Crippen LogP contribution is -2.47. The molecule has 1 N–H and O–H groups in total. The second kappa shape index (κ2) is 10.5. The number of morpholine rings is 1. The Balaban J connectivity index is 1.67. The minimum Gasteiger partial charge on any atom is -0.462 e. The molecule has 0 saturated carbocycles. The van der Waals surface area contributed by atoms with Crippen LogP contribution >= 0.6 is 11.3 Å². The third-order valence-electron chi connectivity index (χ3n) is 6.51. The number of hydrogen-bond acceptors (Lipinski definition) is 12. The minimum absolute atomic E-state index is 0.0153. The van der Waals surface area contributed by atoms with E-state index in [-0.39, 0.29) is 21.9 Å². The molecule has 1 atom stereocenters. The molecule has 1 saturated heterocycles. The van der Waals surface area contributed by atoms with Crippen molar-refractivity contribution in [2.24, 2.45) is 0 Å². The van der Waals surface area contributed by atoms with Gasteiger partial charge >= 0.3 is 13.3 Å².